The third kappa shape index (κ3) is 3.73. The Morgan fingerprint density at radius 3 is 2.75 bits per heavy atom. The fourth-order valence-electron chi connectivity index (χ4n) is 3.32. The van der Waals surface area contributed by atoms with E-state index in [0.717, 1.165) is 30.8 Å². The van der Waals surface area contributed by atoms with Gasteiger partial charge in [0.05, 0.1) is 12.1 Å². The molecule has 0 amide bonds. The first-order valence-corrected chi connectivity index (χ1v) is 9.12. The van der Waals surface area contributed by atoms with Crippen molar-refractivity contribution in [2.75, 3.05) is 30.3 Å². The summed E-state index contributed by atoms with van der Waals surface area (Å²) in [6.45, 7) is 2.33. The second-order valence-electron chi connectivity index (χ2n) is 6.64. The second-order valence-corrected chi connectivity index (χ2v) is 6.64. The van der Waals surface area contributed by atoms with Gasteiger partial charge < -0.3 is 21.1 Å². The van der Waals surface area contributed by atoms with E-state index in [9.17, 15) is 14.7 Å². The van der Waals surface area contributed by atoms with Crippen molar-refractivity contribution in [1.29, 1.82) is 0 Å². The molecular weight excluding hydrogens is 356 g/mol. The third-order valence-electron chi connectivity index (χ3n) is 4.72. The van der Waals surface area contributed by atoms with Gasteiger partial charge in [0.25, 0.3) is 0 Å². The van der Waals surface area contributed by atoms with Crippen molar-refractivity contribution >= 4 is 34.7 Å². The van der Waals surface area contributed by atoms with Gasteiger partial charge in [-0.25, -0.2) is 4.79 Å². The minimum absolute atomic E-state index is 0.0140. The number of anilines is 2. The van der Waals surface area contributed by atoms with Crippen molar-refractivity contribution in [2.24, 2.45) is 4.99 Å². The van der Waals surface area contributed by atoms with E-state index in [1.807, 2.05) is 18.2 Å². The van der Waals surface area contributed by atoms with Crippen molar-refractivity contribution in [2.45, 2.75) is 6.42 Å². The van der Waals surface area contributed by atoms with E-state index < -0.39 is 5.97 Å². The van der Waals surface area contributed by atoms with Gasteiger partial charge in [-0.15, -0.1) is 0 Å². The average Bonchev–Trinajstić information content (AvgIpc) is 3.37. The minimum atomic E-state index is -1.13. The van der Waals surface area contributed by atoms with Crippen LogP contribution in [-0.2, 0) is 11.2 Å². The number of carboxylic acids is 1. The number of carbonyl (C=O) groups excluding carboxylic acids is 1. The Morgan fingerprint density at radius 1 is 1.07 bits per heavy atom. The lowest BCUT2D eigenvalue weighted by atomic mass is 9.99. The molecule has 0 atom stereocenters. The van der Waals surface area contributed by atoms with Crippen LogP contribution in [0.25, 0.3) is 5.57 Å². The van der Waals surface area contributed by atoms with Gasteiger partial charge in [-0.1, -0.05) is 18.2 Å². The number of hydrogen-bond donors (Lipinski definition) is 4. The molecule has 28 heavy (non-hydrogen) atoms. The van der Waals surface area contributed by atoms with E-state index in [1.54, 1.807) is 24.3 Å². The summed E-state index contributed by atoms with van der Waals surface area (Å²) in [4.78, 5) is 28.8. The number of benzene rings is 2. The number of fused-ring (bicyclic) bond motifs is 1. The van der Waals surface area contributed by atoms with E-state index in [1.165, 1.54) is 6.08 Å². The number of aliphatic carboxylic acids is 1. The Labute approximate surface area is 162 Å². The summed E-state index contributed by atoms with van der Waals surface area (Å²) in [5, 5.41) is 19.1. The number of allylic oxidation sites excluding steroid dienone is 1. The molecule has 2 aromatic carbocycles. The van der Waals surface area contributed by atoms with Crippen LogP contribution in [-0.4, -0.2) is 42.5 Å². The van der Waals surface area contributed by atoms with Gasteiger partial charge in [-0.05, 0) is 41.8 Å². The fourth-order valence-corrected chi connectivity index (χ4v) is 3.32. The van der Waals surface area contributed by atoms with Crippen LogP contribution in [0.3, 0.4) is 0 Å². The Kier molecular flexibility index (Phi) is 4.80. The van der Waals surface area contributed by atoms with Gasteiger partial charge in [0.2, 0.25) is 0 Å². The van der Waals surface area contributed by atoms with E-state index in [4.69, 9.17) is 0 Å². The fraction of sp³-hybridized carbons (Fsp3) is 0.190. The number of ketones is 1. The quantitative estimate of drug-likeness (QED) is 0.472. The van der Waals surface area contributed by atoms with Crippen molar-refractivity contribution in [1.82, 2.24) is 5.32 Å². The molecule has 0 aromatic heterocycles. The standard InChI is InChI=1S/C21H20N4O3/c26-19(15-2-1-3-16(11-15)25-21-23-8-9-24-21)12-17(20(27)28)13-4-5-18-14(10-13)6-7-22-18/h1-5,10-12,22H,6-9H2,(H,27,28)(H2,23,24,25). The van der Waals surface area contributed by atoms with E-state index in [-0.39, 0.29) is 11.4 Å². The molecule has 0 bridgehead atoms. The van der Waals surface area contributed by atoms with Gasteiger partial charge in [0.15, 0.2) is 11.7 Å². The number of rotatable bonds is 5. The first kappa shape index (κ1) is 17.8. The molecular formula is C21H20N4O3. The topological polar surface area (TPSA) is 103 Å². The lowest BCUT2D eigenvalue weighted by molar-refractivity contribution is -0.130. The molecule has 2 aliphatic rings. The van der Waals surface area contributed by atoms with E-state index in [0.29, 0.717) is 29.3 Å². The molecule has 4 N–H and O–H groups in total. The smallest absolute Gasteiger partial charge is 0.336 e. The van der Waals surface area contributed by atoms with Crippen molar-refractivity contribution in [3.05, 3.63) is 65.2 Å². The molecule has 0 saturated carbocycles. The molecule has 2 heterocycles. The van der Waals surface area contributed by atoms with E-state index in [2.05, 4.69) is 20.9 Å². The first-order chi connectivity index (χ1) is 13.6. The maximum absolute atomic E-state index is 12.7. The highest BCUT2D eigenvalue weighted by Crippen LogP contribution is 2.27. The average molecular weight is 376 g/mol. The highest BCUT2D eigenvalue weighted by Gasteiger charge is 2.17. The van der Waals surface area contributed by atoms with Crippen LogP contribution in [0.2, 0.25) is 0 Å². The third-order valence-corrected chi connectivity index (χ3v) is 4.72. The number of nitrogens with one attached hydrogen (secondary N) is 3. The zero-order chi connectivity index (χ0) is 19.5. The molecule has 4 rings (SSSR count). The Balaban J connectivity index is 1.60. The first-order valence-electron chi connectivity index (χ1n) is 9.12. The zero-order valence-electron chi connectivity index (χ0n) is 15.2. The highest BCUT2D eigenvalue weighted by atomic mass is 16.4. The number of nitrogens with zero attached hydrogens (tertiary/aromatic N) is 1. The van der Waals surface area contributed by atoms with Crippen LogP contribution < -0.4 is 16.0 Å². The van der Waals surface area contributed by atoms with Crippen LogP contribution in [0.5, 0.6) is 0 Å². The summed E-state index contributed by atoms with van der Waals surface area (Å²) in [6.07, 6.45) is 2.03. The lowest BCUT2D eigenvalue weighted by Crippen LogP contribution is -2.26. The highest BCUT2D eigenvalue weighted by molar-refractivity contribution is 6.23. The van der Waals surface area contributed by atoms with Gasteiger partial charge >= 0.3 is 5.97 Å². The molecule has 0 aliphatic carbocycles. The van der Waals surface area contributed by atoms with Crippen LogP contribution in [0.15, 0.2) is 53.5 Å². The second kappa shape index (κ2) is 7.56. The van der Waals surface area contributed by atoms with Gasteiger partial charge in [0, 0.05) is 36.1 Å². The lowest BCUT2D eigenvalue weighted by Gasteiger charge is -2.08. The molecule has 0 radical (unpaired) electrons. The molecule has 0 unspecified atom stereocenters. The van der Waals surface area contributed by atoms with Crippen molar-refractivity contribution in [3.63, 3.8) is 0 Å². The van der Waals surface area contributed by atoms with Gasteiger partial charge in [-0.2, -0.15) is 0 Å². The summed E-state index contributed by atoms with van der Waals surface area (Å²) >= 11 is 0. The SMILES string of the molecule is O=C(O)C(=CC(=O)c1cccc(NC2=NCCN2)c1)c1ccc2c(c1)CCN2. The van der Waals surface area contributed by atoms with Gasteiger partial charge in [-0.3, -0.25) is 9.79 Å². The maximum atomic E-state index is 12.7. The molecule has 142 valence electrons. The Hall–Kier alpha value is -3.61. The number of guanidine groups is 1. The minimum Gasteiger partial charge on any atom is -0.478 e. The molecule has 2 aliphatic heterocycles. The summed E-state index contributed by atoms with van der Waals surface area (Å²) in [7, 11) is 0. The maximum Gasteiger partial charge on any atom is 0.336 e. The van der Waals surface area contributed by atoms with Crippen LogP contribution in [0.1, 0.15) is 21.5 Å². The predicted octanol–water partition coefficient (Wildman–Crippen LogP) is 2.38. The predicted molar refractivity (Wildman–Crippen MR) is 109 cm³/mol. The summed E-state index contributed by atoms with van der Waals surface area (Å²) in [5.41, 5.74) is 3.72. The van der Waals surface area contributed by atoms with Crippen LogP contribution in [0.4, 0.5) is 11.4 Å². The summed E-state index contributed by atoms with van der Waals surface area (Å²) < 4.78 is 0. The van der Waals surface area contributed by atoms with Gasteiger partial charge in [0.1, 0.15) is 0 Å². The number of aliphatic imine (C=N–C) groups is 1. The number of carboxylic acid groups (broad SMARTS) is 1. The van der Waals surface area contributed by atoms with Crippen LogP contribution >= 0.6 is 0 Å². The summed E-state index contributed by atoms with van der Waals surface area (Å²) in [5.74, 6) is -0.822. The normalized spacial score (nSPS) is 15.3. The Morgan fingerprint density at radius 2 is 1.96 bits per heavy atom. The molecule has 0 saturated heterocycles. The largest absolute Gasteiger partial charge is 0.478 e. The number of hydrogen-bond acceptors (Lipinski definition) is 6. The molecule has 7 nitrogen and oxygen atoms in total. The van der Waals surface area contributed by atoms with Crippen LogP contribution in [0, 0.1) is 0 Å². The molecule has 0 fully saturated rings. The zero-order valence-corrected chi connectivity index (χ0v) is 15.2. The Bertz CT molecular complexity index is 1010. The van der Waals surface area contributed by atoms with Crippen molar-refractivity contribution < 1.29 is 14.7 Å². The molecule has 7 heteroatoms. The van der Waals surface area contributed by atoms with Crippen molar-refractivity contribution in [3.8, 4) is 0 Å². The monoisotopic (exact) mass is 376 g/mol. The molecule has 2 aromatic rings. The number of carbonyl (C=O) groups is 2. The van der Waals surface area contributed by atoms with E-state index >= 15 is 0 Å². The molecule has 0 spiro atoms. The summed E-state index contributed by atoms with van der Waals surface area (Å²) in [6, 6.07) is 12.4.